The molecule has 2 fully saturated rings. The Balaban J connectivity index is 1.78. The standard InChI is InChI=1S/C19H38N2/c1-5-21(18-12-10-17(20)11-13-18)14-15-6-8-16(9-7-15)19(2,3)4/h15-18H,5-14,20H2,1-4H3. The third kappa shape index (κ3) is 4.96. The number of nitrogens with zero attached hydrogens (tertiary/aromatic N) is 1. The molecule has 2 aliphatic rings. The maximum Gasteiger partial charge on any atom is 0.00964 e. The van der Waals surface area contributed by atoms with Gasteiger partial charge in [-0.1, -0.05) is 27.7 Å². The summed E-state index contributed by atoms with van der Waals surface area (Å²) in [5.41, 5.74) is 6.57. The van der Waals surface area contributed by atoms with Crippen LogP contribution >= 0.6 is 0 Å². The molecule has 0 radical (unpaired) electrons. The van der Waals surface area contributed by atoms with E-state index >= 15 is 0 Å². The lowest BCUT2D eigenvalue weighted by Crippen LogP contribution is -2.43. The number of hydrogen-bond donors (Lipinski definition) is 1. The highest BCUT2D eigenvalue weighted by Gasteiger charge is 2.31. The lowest BCUT2D eigenvalue weighted by molar-refractivity contribution is 0.0938. The van der Waals surface area contributed by atoms with Gasteiger partial charge >= 0.3 is 0 Å². The Morgan fingerprint density at radius 2 is 1.48 bits per heavy atom. The van der Waals surface area contributed by atoms with Gasteiger partial charge < -0.3 is 10.6 Å². The normalized spacial score (nSPS) is 35.1. The molecule has 0 aromatic heterocycles. The summed E-state index contributed by atoms with van der Waals surface area (Å²) in [5, 5.41) is 0. The van der Waals surface area contributed by atoms with Crippen LogP contribution in [0.3, 0.4) is 0 Å². The van der Waals surface area contributed by atoms with Gasteiger partial charge in [0.05, 0.1) is 0 Å². The first-order chi connectivity index (χ1) is 9.90. The van der Waals surface area contributed by atoms with Crippen LogP contribution in [-0.2, 0) is 0 Å². The van der Waals surface area contributed by atoms with Gasteiger partial charge in [-0.3, -0.25) is 0 Å². The first-order valence-electron chi connectivity index (χ1n) is 9.39. The van der Waals surface area contributed by atoms with Crippen LogP contribution in [0.4, 0.5) is 0 Å². The minimum Gasteiger partial charge on any atom is -0.328 e. The molecule has 0 unspecified atom stereocenters. The number of rotatable bonds is 4. The van der Waals surface area contributed by atoms with Crippen molar-refractivity contribution in [1.82, 2.24) is 4.90 Å². The molecule has 124 valence electrons. The molecule has 0 atom stereocenters. The number of nitrogens with two attached hydrogens (primary N) is 1. The van der Waals surface area contributed by atoms with Gasteiger partial charge in [-0.25, -0.2) is 0 Å². The summed E-state index contributed by atoms with van der Waals surface area (Å²) in [6.07, 6.45) is 10.9. The Labute approximate surface area is 132 Å². The van der Waals surface area contributed by atoms with Crippen LogP contribution in [0.25, 0.3) is 0 Å². The predicted molar refractivity (Wildman–Crippen MR) is 92.4 cm³/mol. The predicted octanol–water partition coefficient (Wildman–Crippen LogP) is 4.43. The second-order valence-electron chi connectivity index (χ2n) is 8.74. The van der Waals surface area contributed by atoms with Crippen molar-refractivity contribution < 1.29 is 0 Å². The fourth-order valence-electron chi connectivity index (χ4n) is 4.55. The van der Waals surface area contributed by atoms with Crippen LogP contribution in [0.15, 0.2) is 0 Å². The third-order valence-corrected chi connectivity index (χ3v) is 6.23. The van der Waals surface area contributed by atoms with Gasteiger partial charge in [0.1, 0.15) is 0 Å². The van der Waals surface area contributed by atoms with Crippen LogP contribution in [-0.4, -0.2) is 30.1 Å². The molecule has 2 saturated carbocycles. The maximum absolute atomic E-state index is 6.06. The molecule has 0 aliphatic heterocycles. The summed E-state index contributed by atoms with van der Waals surface area (Å²) in [6.45, 7) is 12.2. The van der Waals surface area contributed by atoms with Crippen LogP contribution < -0.4 is 5.73 Å². The largest absolute Gasteiger partial charge is 0.328 e. The first kappa shape index (κ1) is 17.3. The van der Waals surface area contributed by atoms with E-state index < -0.39 is 0 Å². The highest BCUT2D eigenvalue weighted by atomic mass is 15.2. The minimum atomic E-state index is 0.474. The molecule has 2 heteroatoms. The van der Waals surface area contributed by atoms with Crippen molar-refractivity contribution in [3.63, 3.8) is 0 Å². The van der Waals surface area contributed by atoms with E-state index in [1.54, 1.807) is 0 Å². The van der Waals surface area contributed by atoms with Crippen molar-refractivity contribution in [2.24, 2.45) is 23.0 Å². The SMILES string of the molecule is CCN(CC1CCC(C(C)(C)C)CC1)C1CCC(N)CC1. The molecular formula is C19H38N2. The van der Waals surface area contributed by atoms with Crippen LogP contribution in [0.5, 0.6) is 0 Å². The van der Waals surface area contributed by atoms with Crippen LogP contribution in [0.1, 0.15) is 79.1 Å². The van der Waals surface area contributed by atoms with Gasteiger partial charge in [0.2, 0.25) is 0 Å². The second kappa shape index (κ2) is 7.46. The Hall–Kier alpha value is -0.0800. The smallest absolute Gasteiger partial charge is 0.00964 e. The zero-order chi connectivity index (χ0) is 15.5. The summed E-state index contributed by atoms with van der Waals surface area (Å²) in [6, 6.07) is 1.29. The molecule has 2 nitrogen and oxygen atoms in total. The summed E-state index contributed by atoms with van der Waals surface area (Å²) in [7, 11) is 0. The topological polar surface area (TPSA) is 29.3 Å². The molecule has 2 N–H and O–H groups in total. The molecule has 0 spiro atoms. The molecule has 0 aromatic rings. The minimum absolute atomic E-state index is 0.474. The summed E-state index contributed by atoms with van der Waals surface area (Å²) in [5.74, 6) is 1.88. The molecular weight excluding hydrogens is 256 g/mol. The first-order valence-corrected chi connectivity index (χ1v) is 9.39. The monoisotopic (exact) mass is 294 g/mol. The summed E-state index contributed by atoms with van der Waals surface area (Å²) < 4.78 is 0. The van der Waals surface area contributed by atoms with Crippen LogP contribution in [0, 0.1) is 17.3 Å². The highest BCUT2D eigenvalue weighted by molar-refractivity contribution is 4.85. The van der Waals surface area contributed by atoms with Crippen molar-refractivity contribution in [2.45, 2.75) is 91.1 Å². The second-order valence-corrected chi connectivity index (χ2v) is 8.74. The average molecular weight is 295 g/mol. The van der Waals surface area contributed by atoms with E-state index in [4.69, 9.17) is 5.73 Å². The van der Waals surface area contributed by atoms with Gasteiger partial charge in [-0.2, -0.15) is 0 Å². The Kier molecular flexibility index (Phi) is 6.14. The van der Waals surface area contributed by atoms with E-state index in [1.807, 2.05) is 0 Å². The van der Waals surface area contributed by atoms with E-state index in [-0.39, 0.29) is 0 Å². The van der Waals surface area contributed by atoms with E-state index in [1.165, 1.54) is 64.5 Å². The zero-order valence-corrected chi connectivity index (χ0v) is 14.9. The quantitative estimate of drug-likeness (QED) is 0.831. The molecule has 0 bridgehead atoms. The lowest BCUT2D eigenvalue weighted by atomic mass is 9.69. The Bertz CT molecular complexity index is 291. The van der Waals surface area contributed by atoms with Crippen molar-refractivity contribution in [3.05, 3.63) is 0 Å². The van der Waals surface area contributed by atoms with Crippen molar-refractivity contribution in [3.8, 4) is 0 Å². The summed E-state index contributed by atoms with van der Waals surface area (Å²) in [4.78, 5) is 2.77. The molecule has 0 amide bonds. The lowest BCUT2D eigenvalue weighted by Gasteiger charge is -2.41. The van der Waals surface area contributed by atoms with Crippen molar-refractivity contribution in [1.29, 1.82) is 0 Å². The Morgan fingerprint density at radius 3 is 1.95 bits per heavy atom. The van der Waals surface area contributed by atoms with E-state index in [2.05, 4.69) is 32.6 Å². The fourth-order valence-corrected chi connectivity index (χ4v) is 4.55. The van der Waals surface area contributed by atoms with Crippen molar-refractivity contribution in [2.75, 3.05) is 13.1 Å². The van der Waals surface area contributed by atoms with Gasteiger partial charge in [0.25, 0.3) is 0 Å². The van der Waals surface area contributed by atoms with Crippen LogP contribution in [0.2, 0.25) is 0 Å². The fraction of sp³-hybridized carbons (Fsp3) is 1.00. The van der Waals surface area contributed by atoms with E-state index in [0.717, 1.165) is 17.9 Å². The number of hydrogen-bond acceptors (Lipinski definition) is 2. The van der Waals surface area contributed by atoms with Gasteiger partial charge in [-0.05, 0) is 75.2 Å². The maximum atomic E-state index is 6.06. The van der Waals surface area contributed by atoms with Crippen molar-refractivity contribution >= 4 is 0 Å². The Morgan fingerprint density at radius 1 is 0.905 bits per heavy atom. The average Bonchev–Trinajstić information content (AvgIpc) is 2.45. The van der Waals surface area contributed by atoms with E-state index in [9.17, 15) is 0 Å². The molecule has 2 rings (SSSR count). The molecule has 2 aliphatic carbocycles. The highest BCUT2D eigenvalue weighted by Crippen LogP contribution is 2.40. The molecule has 0 aromatic carbocycles. The molecule has 0 saturated heterocycles. The van der Waals surface area contributed by atoms with Gasteiger partial charge in [0.15, 0.2) is 0 Å². The summed E-state index contributed by atoms with van der Waals surface area (Å²) >= 11 is 0. The molecule has 0 heterocycles. The third-order valence-electron chi connectivity index (χ3n) is 6.23. The van der Waals surface area contributed by atoms with Gasteiger partial charge in [0, 0.05) is 18.6 Å². The zero-order valence-electron chi connectivity index (χ0n) is 14.9. The molecule has 21 heavy (non-hydrogen) atoms. The van der Waals surface area contributed by atoms with Gasteiger partial charge in [-0.15, -0.1) is 0 Å². The van der Waals surface area contributed by atoms with E-state index in [0.29, 0.717) is 11.5 Å².